The second-order valence-corrected chi connectivity index (χ2v) is 15.5. The molecule has 5 nitrogen and oxygen atoms in total. The minimum absolute atomic E-state index is 0.110. The molecule has 0 saturated heterocycles. The van der Waals surface area contributed by atoms with Gasteiger partial charge in [0.2, 0.25) is 0 Å². The fraction of sp³-hybridized carbons (Fsp3) is 0.829. The molecule has 0 aliphatic carbocycles. The Bertz CT molecular complexity index is 807. The van der Waals surface area contributed by atoms with E-state index in [1.807, 2.05) is 12.1 Å². The molecule has 41 heavy (non-hydrogen) atoms. The Morgan fingerprint density at radius 1 is 0.585 bits per heavy atom. The summed E-state index contributed by atoms with van der Waals surface area (Å²) >= 11 is 0. The van der Waals surface area contributed by atoms with Crippen LogP contribution >= 0.6 is 7.82 Å². The number of phosphoric ester groups is 1. The number of rotatable bonds is 23. The Hall–Kier alpha value is -0.870. The van der Waals surface area contributed by atoms with Gasteiger partial charge in [0.1, 0.15) is 5.75 Å². The largest absolute Gasteiger partial charge is 0.507 e. The van der Waals surface area contributed by atoms with Crippen LogP contribution in [0, 0.1) is 0 Å². The molecule has 0 aromatic heterocycles. The first-order valence-electron chi connectivity index (χ1n) is 16.7. The maximum absolute atomic E-state index is 13.7. The standard InChI is InChI=1S/C35H65O5P/c1-9-11-13-15-17-19-21-23-25-38-41(37,39-26-24-22-20-18-16-14-12-10-2)40-29-30-27-31(34(3,4)5)33(36)32(28-30)35(6,7)8/h27-28,36H,9-26,29H2,1-8H3. The summed E-state index contributed by atoms with van der Waals surface area (Å²) in [7, 11) is -3.71. The van der Waals surface area contributed by atoms with E-state index >= 15 is 0 Å². The number of unbranched alkanes of at least 4 members (excludes halogenated alkanes) is 14. The van der Waals surface area contributed by atoms with Gasteiger partial charge in [-0.05, 0) is 52.5 Å². The second-order valence-electron chi connectivity index (χ2n) is 13.9. The third kappa shape index (κ3) is 16.5. The van der Waals surface area contributed by atoms with Gasteiger partial charge in [-0.1, -0.05) is 145 Å². The van der Waals surface area contributed by atoms with Crippen molar-refractivity contribution in [2.75, 3.05) is 13.2 Å². The second kappa shape index (κ2) is 20.2. The van der Waals surface area contributed by atoms with Crippen LogP contribution in [0.3, 0.4) is 0 Å². The van der Waals surface area contributed by atoms with Gasteiger partial charge in [0.05, 0.1) is 19.8 Å². The lowest BCUT2D eigenvalue weighted by molar-refractivity contribution is 0.105. The molecule has 0 atom stereocenters. The van der Waals surface area contributed by atoms with Crippen molar-refractivity contribution in [2.45, 2.75) is 176 Å². The van der Waals surface area contributed by atoms with E-state index in [0.29, 0.717) is 19.0 Å². The Labute approximate surface area is 254 Å². The number of phenolic OH excluding ortho intramolecular Hbond substituents is 1. The first-order valence-corrected chi connectivity index (χ1v) is 18.2. The summed E-state index contributed by atoms with van der Waals surface area (Å²) in [5, 5.41) is 11.1. The summed E-state index contributed by atoms with van der Waals surface area (Å²) in [6.07, 6.45) is 19.0. The van der Waals surface area contributed by atoms with Crippen LogP contribution in [0.2, 0.25) is 0 Å². The van der Waals surface area contributed by atoms with Gasteiger partial charge >= 0.3 is 7.82 Å². The molecule has 0 aliphatic heterocycles. The van der Waals surface area contributed by atoms with Crippen molar-refractivity contribution in [1.29, 1.82) is 0 Å². The molecule has 240 valence electrons. The molecule has 0 amide bonds. The number of phenols is 1. The molecule has 0 fully saturated rings. The predicted molar refractivity (Wildman–Crippen MR) is 175 cm³/mol. The third-order valence-electron chi connectivity index (χ3n) is 7.67. The summed E-state index contributed by atoms with van der Waals surface area (Å²) < 4.78 is 31.4. The molecule has 1 N–H and O–H groups in total. The van der Waals surface area contributed by atoms with Crippen LogP contribution in [0.15, 0.2) is 12.1 Å². The lowest BCUT2D eigenvalue weighted by atomic mass is 9.78. The third-order valence-corrected chi connectivity index (χ3v) is 9.11. The molecule has 6 heteroatoms. The highest BCUT2D eigenvalue weighted by Gasteiger charge is 2.29. The highest BCUT2D eigenvalue weighted by atomic mass is 31.2. The van der Waals surface area contributed by atoms with Crippen molar-refractivity contribution in [3.8, 4) is 5.75 Å². The fourth-order valence-corrected chi connectivity index (χ4v) is 6.25. The van der Waals surface area contributed by atoms with Crippen molar-refractivity contribution >= 4 is 7.82 Å². The van der Waals surface area contributed by atoms with Gasteiger partial charge in [-0.3, -0.25) is 13.6 Å². The van der Waals surface area contributed by atoms with Crippen LogP contribution in [0.4, 0.5) is 0 Å². The van der Waals surface area contributed by atoms with E-state index in [4.69, 9.17) is 13.6 Å². The average molecular weight is 597 g/mol. The molecule has 0 saturated carbocycles. The van der Waals surface area contributed by atoms with Gasteiger partial charge in [-0.2, -0.15) is 0 Å². The van der Waals surface area contributed by atoms with Crippen LogP contribution in [0.25, 0.3) is 0 Å². The molecular weight excluding hydrogens is 531 g/mol. The van der Waals surface area contributed by atoms with Crippen molar-refractivity contribution in [3.05, 3.63) is 28.8 Å². The zero-order valence-corrected chi connectivity index (χ0v) is 29.0. The number of hydrogen-bond donors (Lipinski definition) is 1. The van der Waals surface area contributed by atoms with E-state index in [0.717, 1.165) is 42.4 Å². The van der Waals surface area contributed by atoms with E-state index < -0.39 is 7.82 Å². The first-order chi connectivity index (χ1) is 19.3. The van der Waals surface area contributed by atoms with Crippen molar-refractivity contribution in [2.24, 2.45) is 0 Å². The molecular formula is C35H65O5P. The maximum Gasteiger partial charge on any atom is 0.475 e. The normalized spacial score (nSPS) is 12.8. The summed E-state index contributed by atoms with van der Waals surface area (Å²) in [6, 6.07) is 3.93. The molecule has 0 spiro atoms. The number of benzene rings is 1. The molecule has 1 aromatic carbocycles. The van der Waals surface area contributed by atoms with E-state index in [9.17, 15) is 9.67 Å². The smallest absolute Gasteiger partial charge is 0.475 e. The van der Waals surface area contributed by atoms with Gasteiger partial charge < -0.3 is 5.11 Å². The summed E-state index contributed by atoms with van der Waals surface area (Å²) in [6.45, 7) is 17.9. The van der Waals surface area contributed by atoms with E-state index in [1.165, 1.54) is 77.0 Å². The van der Waals surface area contributed by atoms with Crippen LogP contribution in [0.1, 0.15) is 175 Å². The zero-order chi connectivity index (χ0) is 30.8. The van der Waals surface area contributed by atoms with Gasteiger partial charge in [0.25, 0.3) is 0 Å². The molecule has 0 heterocycles. The van der Waals surface area contributed by atoms with Crippen molar-refractivity contribution in [1.82, 2.24) is 0 Å². The van der Waals surface area contributed by atoms with Crippen molar-refractivity contribution in [3.63, 3.8) is 0 Å². The molecule has 1 aromatic rings. The Balaban J connectivity index is 2.79. The Kier molecular flexibility index (Phi) is 18.8. The summed E-state index contributed by atoms with van der Waals surface area (Å²) in [5.41, 5.74) is 2.09. The Morgan fingerprint density at radius 2 is 0.927 bits per heavy atom. The van der Waals surface area contributed by atoms with Crippen LogP contribution < -0.4 is 0 Å². The lowest BCUT2D eigenvalue weighted by Crippen LogP contribution is -2.18. The monoisotopic (exact) mass is 596 g/mol. The van der Waals surface area contributed by atoms with E-state index in [2.05, 4.69) is 55.4 Å². The van der Waals surface area contributed by atoms with Gasteiger partial charge in [0.15, 0.2) is 0 Å². The molecule has 0 radical (unpaired) electrons. The summed E-state index contributed by atoms with van der Waals surface area (Å²) in [5.74, 6) is 0.328. The SMILES string of the molecule is CCCCCCCCCCOP(=O)(OCCCCCCCCCC)OCc1cc(C(C)(C)C)c(O)c(C(C)(C)C)c1. The first kappa shape index (κ1) is 38.2. The minimum Gasteiger partial charge on any atom is -0.507 e. The zero-order valence-electron chi connectivity index (χ0n) is 28.1. The molecule has 0 bridgehead atoms. The number of phosphoric acid groups is 1. The average Bonchev–Trinajstić information content (AvgIpc) is 2.89. The number of hydrogen-bond acceptors (Lipinski definition) is 5. The highest BCUT2D eigenvalue weighted by Crippen LogP contribution is 2.51. The highest BCUT2D eigenvalue weighted by molar-refractivity contribution is 7.48. The van der Waals surface area contributed by atoms with Gasteiger partial charge in [-0.15, -0.1) is 0 Å². The quantitative estimate of drug-likeness (QED) is 0.101. The fourth-order valence-electron chi connectivity index (χ4n) is 5.01. The maximum atomic E-state index is 13.7. The topological polar surface area (TPSA) is 65.0 Å². The van der Waals surface area contributed by atoms with Crippen LogP contribution in [-0.4, -0.2) is 18.3 Å². The van der Waals surface area contributed by atoms with Gasteiger partial charge in [-0.25, -0.2) is 4.57 Å². The van der Waals surface area contributed by atoms with Crippen LogP contribution in [0.5, 0.6) is 5.75 Å². The predicted octanol–water partition coefficient (Wildman–Crippen LogP) is 11.9. The Morgan fingerprint density at radius 3 is 1.27 bits per heavy atom. The lowest BCUT2D eigenvalue weighted by Gasteiger charge is -2.28. The number of aromatic hydroxyl groups is 1. The van der Waals surface area contributed by atoms with Crippen molar-refractivity contribution < 1.29 is 23.2 Å². The molecule has 1 rings (SSSR count). The van der Waals surface area contributed by atoms with Gasteiger partial charge in [0, 0.05) is 0 Å². The summed E-state index contributed by atoms with van der Waals surface area (Å²) in [4.78, 5) is 0. The van der Waals surface area contributed by atoms with E-state index in [1.54, 1.807) is 0 Å². The minimum atomic E-state index is -3.71. The molecule has 0 aliphatic rings. The van der Waals surface area contributed by atoms with Crippen LogP contribution in [-0.2, 0) is 35.6 Å². The molecule has 0 unspecified atom stereocenters. The van der Waals surface area contributed by atoms with E-state index in [-0.39, 0.29) is 17.4 Å².